The van der Waals surface area contributed by atoms with Crippen molar-refractivity contribution in [3.8, 4) is 0 Å². The molecular formula is C18H25FN2O. The van der Waals surface area contributed by atoms with Crippen LogP contribution in [0, 0.1) is 17.7 Å². The van der Waals surface area contributed by atoms with Gasteiger partial charge in [0.05, 0.1) is 6.04 Å². The standard InChI is InChI=1S/C18H25FN2O/c1-11-6-7-14-15(4-3-5-16(14)19)17(11)21-18(22)13-8-9-20-12(2)10-13/h3-5,11-13,17,20H,6-10H2,1-2H3,(H,21,22)/t11?,12-,13-,17?/m0/s1. The van der Waals surface area contributed by atoms with E-state index in [1.54, 1.807) is 6.07 Å². The van der Waals surface area contributed by atoms with Crippen LogP contribution in [0.25, 0.3) is 0 Å². The molecule has 0 bridgehead atoms. The Kier molecular flexibility index (Phi) is 4.48. The van der Waals surface area contributed by atoms with Gasteiger partial charge < -0.3 is 10.6 Å². The lowest BCUT2D eigenvalue weighted by atomic mass is 9.80. The summed E-state index contributed by atoms with van der Waals surface area (Å²) in [6.45, 7) is 5.15. The number of hydrogen-bond acceptors (Lipinski definition) is 2. The number of piperidine rings is 1. The minimum atomic E-state index is -0.140. The second kappa shape index (κ2) is 6.37. The summed E-state index contributed by atoms with van der Waals surface area (Å²) >= 11 is 0. The van der Waals surface area contributed by atoms with Crippen molar-refractivity contribution in [2.24, 2.45) is 11.8 Å². The zero-order chi connectivity index (χ0) is 15.7. The highest BCUT2D eigenvalue weighted by molar-refractivity contribution is 5.79. The third kappa shape index (κ3) is 3.02. The topological polar surface area (TPSA) is 41.1 Å². The van der Waals surface area contributed by atoms with Gasteiger partial charge in [-0.3, -0.25) is 4.79 Å². The number of nitrogens with one attached hydrogen (secondary N) is 2. The molecule has 4 atom stereocenters. The predicted octanol–water partition coefficient (Wildman–Crippen LogP) is 2.95. The lowest BCUT2D eigenvalue weighted by Crippen LogP contribution is -2.45. The van der Waals surface area contributed by atoms with Gasteiger partial charge in [-0.25, -0.2) is 4.39 Å². The van der Waals surface area contributed by atoms with Crippen molar-refractivity contribution < 1.29 is 9.18 Å². The van der Waals surface area contributed by atoms with Crippen molar-refractivity contribution in [3.05, 3.63) is 35.1 Å². The molecule has 0 saturated carbocycles. The van der Waals surface area contributed by atoms with Crippen LogP contribution >= 0.6 is 0 Å². The van der Waals surface area contributed by atoms with Crippen LogP contribution in [0.15, 0.2) is 18.2 Å². The van der Waals surface area contributed by atoms with Gasteiger partial charge in [0.1, 0.15) is 5.82 Å². The van der Waals surface area contributed by atoms with E-state index in [1.807, 2.05) is 6.07 Å². The summed E-state index contributed by atoms with van der Waals surface area (Å²) < 4.78 is 14.0. The van der Waals surface area contributed by atoms with E-state index in [9.17, 15) is 9.18 Å². The summed E-state index contributed by atoms with van der Waals surface area (Å²) in [6, 6.07) is 5.56. The molecule has 2 unspecified atom stereocenters. The van der Waals surface area contributed by atoms with Crippen molar-refractivity contribution in [1.29, 1.82) is 0 Å². The van der Waals surface area contributed by atoms with Gasteiger partial charge in [-0.15, -0.1) is 0 Å². The lowest BCUT2D eigenvalue weighted by Gasteiger charge is -2.34. The number of rotatable bonds is 2. The Morgan fingerprint density at radius 2 is 2.14 bits per heavy atom. The summed E-state index contributed by atoms with van der Waals surface area (Å²) in [5.74, 6) is 0.404. The molecule has 3 nitrogen and oxygen atoms in total. The summed E-state index contributed by atoms with van der Waals surface area (Å²) in [5, 5.41) is 6.58. The van der Waals surface area contributed by atoms with E-state index >= 15 is 0 Å². The van der Waals surface area contributed by atoms with Gasteiger partial charge in [0, 0.05) is 12.0 Å². The van der Waals surface area contributed by atoms with E-state index in [1.165, 1.54) is 6.07 Å². The van der Waals surface area contributed by atoms with Crippen molar-refractivity contribution in [2.75, 3.05) is 6.54 Å². The maximum absolute atomic E-state index is 14.0. The molecule has 1 heterocycles. The average molecular weight is 304 g/mol. The molecule has 0 spiro atoms. The zero-order valence-corrected chi connectivity index (χ0v) is 13.4. The number of carbonyl (C=O) groups excluding carboxylic acids is 1. The van der Waals surface area contributed by atoms with Gasteiger partial charge in [0.2, 0.25) is 5.91 Å². The maximum Gasteiger partial charge on any atom is 0.223 e. The molecule has 1 fully saturated rings. The van der Waals surface area contributed by atoms with Crippen LogP contribution in [-0.2, 0) is 11.2 Å². The SMILES string of the molecule is CC1CCc2c(F)cccc2C1NC(=O)[C@H]1CCN[C@@H](C)C1. The fourth-order valence-electron chi connectivity index (χ4n) is 3.84. The molecule has 2 N–H and O–H groups in total. The number of carbonyl (C=O) groups is 1. The zero-order valence-electron chi connectivity index (χ0n) is 13.4. The molecule has 1 saturated heterocycles. The summed E-state index contributed by atoms with van der Waals surface area (Å²) in [4.78, 5) is 12.6. The van der Waals surface area contributed by atoms with Gasteiger partial charge in [-0.05, 0) is 62.3 Å². The van der Waals surface area contributed by atoms with Crippen molar-refractivity contribution >= 4 is 5.91 Å². The van der Waals surface area contributed by atoms with Gasteiger partial charge >= 0.3 is 0 Å². The minimum Gasteiger partial charge on any atom is -0.349 e. The highest BCUT2D eigenvalue weighted by atomic mass is 19.1. The first-order valence-corrected chi connectivity index (χ1v) is 8.37. The lowest BCUT2D eigenvalue weighted by molar-refractivity contribution is -0.127. The van der Waals surface area contributed by atoms with Crippen LogP contribution in [0.3, 0.4) is 0 Å². The Bertz CT molecular complexity index is 560. The quantitative estimate of drug-likeness (QED) is 0.882. The molecule has 22 heavy (non-hydrogen) atoms. The van der Waals surface area contributed by atoms with Crippen LogP contribution in [-0.4, -0.2) is 18.5 Å². The second-order valence-electron chi connectivity index (χ2n) is 6.89. The van der Waals surface area contributed by atoms with Gasteiger partial charge in [-0.1, -0.05) is 19.1 Å². The van der Waals surface area contributed by atoms with E-state index < -0.39 is 0 Å². The first kappa shape index (κ1) is 15.5. The predicted molar refractivity (Wildman–Crippen MR) is 85.0 cm³/mol. The number of benzene rings is 1. The first-order valence-electron chi connectivity index (χ1n) is 8.37. The Hall–Kier alpha value is -1.42. The molecular weight excluding hydrogens is 279 g/mol. The summed E-state index contributed by atoms with van der Waals surface area (Å²) in [5.41, 5.74) is 1.75. The molecule has 0 radical (unpaired) electrons. The van der Waals surface area contributed by atoms with E-state index in [4.69, 9.17) is 0 Å². The fourth-order valence-corrected chi connectivity index (χ4v) is 3.84. The number of hydrogen-bond donors (Lipinski definition) is 2. The van der Waals surface area contributed by atoms with E-state index in [0.29, 0.717) is 12.0 Å². The fraction of sp³-hybridized carbons (Fsp3) is 0.611. The third-order valence-electron chi connectivity index (χ3n) is 5.20. The Labute approximate surface area is 131 Å². The minimum absolute atomic E-state index is 0.0582. The first-order chi connectivity index (χ1) is 10.6. The largest absolute Gasteiger partial charge is 0.349 e. The van der Waals surface area contributed by atoms with E-state index in [-0.39, 0.29) is 23.7 Å². The molecule has 4 heteroatoms. The number of fused-ring (bicyclic) bond motifs is 1. The number of halogens is 1. The van der Waals surface area contributed by atoms with Crippen molar-refractivity contribution in [1.82, 2.24) is 10.6 Å². The molecule has 120 valence electrons. The monoisotopic (exact) mass is 304 g/mol. The highest BCUT2D eigenvalue weighted by Gasteiger charge is 2.32. The molecule has 1 amide bonds. The summed E-state index contributed by atoms with van der Waals surface area (Å²) in [7, 11) is 0. The highest BCUT2D eigenvalue weighted by Crippen LogP contribution is 2.35. The molecule has 1 aliphatic carbocycles. The van der Waals surface area contributed by atoms with Crippen LogP contribution in [0.2, 0.25) is 0 Å². The van der Waals surface area contributed by atoms with Crippen LogP contribution in [0.5, 0.6) is 0 Å². The Balaban J connectivity index is 1.77. The van der Waals surface area contributed by atoms with Crippen molar-refractivity contribution in [2.45, 2.75) is 51.6 Å². The summed E-state index contributed by atoms with van der Waals surface area (Å²) in [6.07, 6.45) is 3.44. The number of amides is 1. The van der Waals surface area contributed by atoms with Gasteiger partial charge in [-0.2, -0.15) is 0 Å². The van der Waals surface area contributed by atoms with E-state index in [2.05, 4.69) is 24.5 Å². The smallest absolute Gasteiger partial charge is 0.223 e. The van der Waals surface area contributed by atoms with Crippen LogP contribution in [0.1, 0.15) is 50.3 Å². The second-order valence-corrected chi connectivity index (χ2v) is 6.89. The van der Waals surface area contributed by atoms with Crippen LogP contribution < -0.4 is 10.6 Å². The molecule has 2 aliphatic rings. The molecule has 1 aromatic carbocycles. The van der Waals surface area contributed by atoms with Gasteiger partial charge in [0.25, 0.3) is 0 Å². The molecule has 1 aliphatic heterocycles. The van der Waals surface area contributed by atoms with E-state index in [0.717, 1.165) is 43.4 Å². The average Bonchev–Trinajstić information content (AvgIpc) is 2.50. The Morgan fingerprint density at radius 3 is 2.91 bits per heavy atom. The molecule has 3 rings (SSSR count). The van der Waals surface area contributed by atoms with Crippen molar-refractivity contribution in [3.63, 3.8) is 0 Å². The van der Waals surface area contributed by atoms with Gasteiger partial charge in [0.15, 0.2) is 0 Å². The molecule has 1 aromatic rings. The van der Waals surface area contributed by atoms with Crippen LogP contribution in [0.4, 0.5) is 4.39 Å². The normalized spacial score (nSPS) is 31.4. The third-order valence-corrected chi connectivity index (χ3v) is 5.20. The Morgan fingerprint density at radius 1 is 1.32 bits per heavy atom. The molecule has 0 aromatic heterocycles. The maximum atomic E-state index is 14.0.